The molecule has 32 heavy (non-hydrogen) atoms. The Labute approximate surface area is 184 Å². The number of esters is 1. The molecule has 0 saturated carbocycles. The number of aliphatic hydroxyl groups excluding tert-OH is 2. The van der Waals surface area contributed by atoms with Gasteiger partial charge in [0.2, 0.25) is 0 Å². The van der Waals surface area contributed by atoms with Gasteiger partial charge in [0.1, 0.15) is 10.8 Å². The molecule has 0 aromatic heterocycles. The first-order valence-corrected chi connectivity index (χ1v) is 9.61. The van der Waals surface area contributed by atoms with Gasteiger partial charge in [-0.15, -0.1) is 0 Å². The first-order valence-electron chi connectivity index (χ1n) is 9.61. The zero-order chi connectivity index (χ0) is 24.4. The predicted molar refractivity (Wildman–Crippen MR) is 111 cm³/mol. The molecule has 0 amide bonds. The first-order chi connectivity index (χ1) is 15.0. The normalized spacial score (nSPS) is 21.2. The van der Waals surface area contributed by atoms with E-state index in [1.807, 2.05) is 0 Å². The molecule has 1 aromatic carbocycles. The van der Waals surface area contributed by atoms with Crippen LogP contribution in [0.4, 0.5) is 0 Å². The summed E-state index contributed by atoms with van der Waals surface area (Å²) >= 11 is 0. The summed E-state index contributed by atoms with van der Waals surface area (Å²) in [5, 5.41) is 44.0. The second-order valence-electron chi connectivity index (χ2n) is 7.17. The molecule has 5 N–H and O–H groups in total. The third kappa shape index (κ3) is 7.03. The van der Waals surface area contributed by atoms with Gasteiger partial charge < -0.3 is 30.3 Å². The molecular weight excluding hydrogens is 424 g/mol. The summed E-state index contributed by atoms with van der Waals surface area (Å²) in [7, 11) is 0. The third-order valence-corrected chi connectivity index (χ3v) is 4.74. The number of aliphatic hydroxyl groups is 2. The predicted octanol–water partition coefficient (Wildman–Crippen LogP) is 1.58. The quantitative estimate of drug-likeness (QED) is 0.211. The maximum absolute atomic E-state index is 11.3. The Bertz CT molecular complexity index is 868. The summed E-state index contributed by atoms with van der Waals surface area (Å²) in [4.78, 5) is 43.9. The second-order valence-corrected chi connectivity index (χ2v) is 7.17. The van der Waals surface area contributed by atoms with Gasteiger partial charge in [-0.3, -0.25) is 9.59 Å². The number of carboxylic acids is 3. The maximum Gasteiger partial charge on any atom is 0.338 e. The van der Waals surface area contributed by atoms with E-state index in [2.05, 4.69) is 0 Å². The number of rotatable bonds is 9. The molecular formula is C22H26O10. The Morgan fingerprint density at radius 2 is 1.34 bits per heavy atom. The van der Waals surface area contributed by atoms with Crippen LogP contribution in [0, 0.1) is 10.8 Å². The molecule has 0 bridgehead atoms. The van der Waals surface area contributed by atoms with E-state index in [1.165, 1.54) is 55.5 Å². The average Bonchev–Trinajstić information content (AvgIpc) is 2.76. The third-order valence-electron chi connectivity index (χ3n) is 4.74. The van der Waals surface area contributed by atoms with E-state index >= 15 is 0 Å². The molecule has 1 aliphatic carbocycles. The molecule has 0 aliphatic heterocycles. The molecule has 0 atom stereocenters. The largest absolute Gasteiger partial charge is 0.480 e. The highest BCUT2D eigenvalue weighted by Gasteiger charge is 2.39. The number of carboxylic acid groups (broad SMARTS) is 3. The topological polar surface area (TPSA) is 179 Å². The van der Waals surface area contributed by atoms with Crippen LogP contribution in [-0.2, 0) is 14.3 Å². The summed E-state index contributed by atoms with van der Waals surface area (Å²) in [6, 6.07) is 5.46. The number of hydrogen-bond acceptors (Lipinski definition) is 7. The lowest BCUT2D eigenvalue weighted by Crippen LogP contribution is -2.34. The van der Waals surface area contributed by atoms with Gasteiger partial charge in [-0.2, -0.15) is 0 Å². The molecule has 1 aromatic rings. The number of aliphatic carboxylic acids is 2. The number of aromatic carboxylic acids is 1. The van der Waals surface area contributed by atoms with Crippen LogP contribution in [0.5, 0.6) is 0 Å². The smallest absolute Gasteiger partial charge is 0.338 e. The van der Waals surface area contributed by atoms with Crippen molar-refractivity contribution < 1.29 is 49.4 Å². The van der Waals surface area contributed by atoms with E-state index in [4.69, 9.17) is 30.3 Å². The standard InChI is InChI=1S/C11H14O5.C11H12O5/c1-10(8(13)14)2-4-11(5-3-10,6-7-12)9(15)16;12-6-1-7-16-11(15)9-4-2-8(3-5-9)10(13)14/h2-5,12H,6-7H2,1H3,(H,13,14)(H,15,16);2-5,12H,1,6-7H2,(H,13,14). The lowest BCUT2D eigenvalue weighted by molar-refractivity contribution is -0.146. The molecule has 2 rings (SSSR count). The highest BCUT2D eigenvalue weighted by Crippen LogP contribution is 2.36. The first kappa shape index (κ1) is 26.5. The highest BCUT2D eigenvalue weighted by molar-refractivity contribution is 5.92. The van der Waals surface area contributed by atoms with Crippen LogP contribution in [0.2, 0.25) is 0 Å². The molecule has 0 radical (unpaired) electrons. The van der Waals surface area contributed by atoms with Crippen LogP contribution in [0.25, 0.3) is 0 Å². The lowest BCUT2D eigenvalue weighted by atomic mass is 9.74. The Morgan fingerprint density at radius 1 is 0.812 bits per heavy atom. The summed E-state index contributed by atoms with van der Waals surface area (Å²) < 4.78 is 4.82. The SMILES string of the molecule is CC1(C(=O)O)C=CC(CCO)(C(=O)O)C=C1.O=C(O)c1ccc(C(=O)OCCCO)cc1. The van der Waals surface area contributed by atoms with Crippen molar-refractivity contribution >= 4 is 23.9 Å². The summed E-state index contributed by atoms with van der Waals surface area (Å²) in [6.45, 7) is 1.32. The molecule has 0 fully saturated rings. The number of carbonyl (C=O) groups is 4. The van der Waals surface area contributed by atoms with E-state index < -0.39 is 34.7 Å². The van der Waals surface area contributed by atoms with Crippen molar-refractivity contribution in [3.05, 3.63) is 59.7 Å². The summed E-state index contributed by atoms with van der Waals surface area (Å²) in [5.41, 5.74) is -2.05. The van der Waals surface area contributed by atoms with Crippen LogP contribution >= 0.6 is 0 Å². The molecule has 0 unspecified atom stereocenters. The minimum atomic E-state index is -1.29. The van der Waals surface area contributed by atoms with Gasteiger partial charge in [0.25, 0.3) is 0 Å². The van der Waals surface area contributed by atoms with Crippen LogP contribution in [0.15, 0.2) is 48.6 Å². The Morgan fingerprint density at radius 3 is 1.75 bits per heavy atom. The molecule has 0 heterocycles. The van der Waals surface area contributed by atoms with Gasteiger partial charge in [0.15, 0.2) is 0 Å². The average molecular weight is 450 g/mol. The monoisotopic (exact) mass is 450 g/mol. The van der Waals surface area contributed by atoms with Crippen molar-refractivity contribution in [3.63, 3.8) is 0 Å². The van der Waals surface area contributed by atoms with Crippen LogP contribution in [0.3, 0.4) is 0 Å². The van der Waals surface area contributed by atoms with Crippen molar-refractivity contribution in [1.82, 2.24) is 0 Å². The van der Waals surface area contributed by atoms with Crippen LogP contribution in [0.1, 0.15) is 40.5 Å². The van der Waals surface area contributed by atoms with E-state index in [9.17, 15) is 19.2 Å². The Hall–Kier alpha value is -3.50. The molecule has 0 saturated heterocycles. The van der Waals surface area contributed by atoms with Crippen LogP contribution in [-0.4, -0.2) is 69.2 Å². The minimum absolute atomic E-state index is 0.0328. The fourth-order valence-electron chi connectivity index (χ4n) is 2.56. The Balaban J connectivity index is 0.000000320. The fourth-order valence-corrected chi connectivity index (χ4v) is 2.56. The fraction of sp³-hybridized carbons (Fsp3) is 0.364. The van der Waals surface area contributed by atoms with Crippen molar-refractivity contribution in [3.8, 4) is 0 Å². The van der Waals surface area contributed by atoms with Crippen molar-refractivity contribution in [2.24, 2.45) is 10.8 Å². The lowest BCUT2D eigenvalue weighted by Gasteiger charge is -2.29. The second kappa shape index (κ2) is 11.8. The zero-order valence-corrected chi connectivity index (χ0v) is 17.4. The minimum Gasteiger partial charge on any atom is -0.480 e. The van der Waals surface area contributed by atoms with E-state index in [0.29, 0.717) is 12.0 Å². The van der Waals surface area contributed by atoms with Gasteiger partial charge in [-0.05, 0) is 37.6 Å². The van der Waals surface area contributed by atoms with Crippen molar-refractivity contribution in [2.75, 3.05) is 19.8 Å². The van der Waals surface area contributed by atoms with Gasteiger partial charge in [-0.25, -0.2) is 9.59 Å². The number of carbonyl (C=O) groups excluding carboxylic acids is 1. The zero-order valence-electron chi connectivity index (χ0n) is 17.4. The number of ether oxygens (including phenoxy) is 1. The highest BCUT2D eigenvalue weighted by atomic mass is 16.5. The Kier molecular flexibility index (Phi) is 9.76. The molecule has 1 aliphatic rings. The number of benzene rings is 1. The van der Waals surface area contributed by atoms with Crippen LogP contribution < -0.4 is 0 Å². The summed E-state index contributed by atoms with van der Waals surface area (Å²) in [5.74, 6) is -3.70. The van der Waals surface area contributed by atoms with Gasteiger partial charge in [0.05, 0.1) is 17.7 Å². The molecule has 10 nitrogen and oxygen atoms in total. The summed E-state index contributed by atoms with van der Waals surface area (Å²) in [6.07, 6.45) is 5.78. The van der Waals surface area contributed by atoms with Crippen molar-refractivity contribution in [1.29, 1.82) is 0 Å². The maximum atomic E-state index is 11.3. The van der Waals surface area contributed by atoms with E-state index in [1.54, 1.807) is 0 Å². The van der Waals surface area contributed by atoms with Crippen molar-refractivity contribution in [2.45, 2.75) is 19.8 Å². The van der Waals surface area contributed by atoms with E-state index in [-0.39, 0.29) is 31.8 Å². The van der Waals surface area contributed by atoms with Gasteiger partial charge in [-0.1, -0.05) is 24.3 Å². The molecule has 10 heteroatoms. The van der Waals surface area contributed by atoms with E-state index in [0.717, 1.165) is 0 Å². The molecule has 174 valence electrons. The number of hydrogen-bond donors (Lipinski definition) is 5. The van der Waals surface area contributed by atoms with Gasteiger partial charge >= 0.3 is 23.9 Å². The van der Waals surface area contributed by atoms with Gasteiger partial charge in [0, 0.05) is 19.6 Å². The molecule has 0 spiro atoms.